The highest BCUT2D eigenvalue weighted by molar-refractivity contribution is 5.94. The van der Waals surface area contributed by atoms with Crippen LogP contribution in [0.4, 0.5) is 5.82 Å². The average molecular weight is 441 g/mol. The molecule has 2 heterocycles. The summed E-state index contributed by atoms with van der Waals surface area (Å²) in [7, 11) is 0. The Morgan fingerprint density at radius 3 is 2.45 bits per heavy atom. The van der Waals surface area contributed by atoms with Crippen LogP contribution in [0.5, 0.6) is 0 Å². The summed E-state index contributed by atoms with van der Waals surface area (Å²) in [5.74, 6) is -0.747. The Morgan fingerprint density at radius 1 is 0.970 bits per heavy atom. The van der Waals surface area contributed by atoms with Crippen LogP contribution in [0.2, 0.25) is 0 Å². The van der Waals surface area contributed by atoms with Crippen molar-refractivity contribution in [2.75, 3.05) is 11.9 Å². The zero-order valence-corrected chi connectivity index (χ0v) is 18.6. The molecule has 0 fully saturated rings. The highest BCUT2D eigenvalue weighted by atomic mass is 16.5. The summed E-state index contributed by atoms with van der Waals surface area (Å²) in [5.41, 5.74) is 5.99. The third kappa shape index (κ3) is 4.95. The molecule has 0 aliphatic carbocycles. The molecular weight excluding hydrogens is 418 g/mol. The molecule has 0 saturated carbocycles. The first-order chi connectivity index (χ1) is 15.9. The van der Waals surface area contributed by atoms with Crippen LogP contribution in [-0.2, 0) is 9.53 Å². The number of hydrogen-bond donors (Lipinski definition) is 1. The predicted molar refractivity (Wildman–Crippen MR) is 124 cm³/mol. The number of esters is 1. The van der Waals surface area contributed by atoms with Crippen LogP contribution in [0.3, 0.4) is 0 Å². The first-order valence-electron chi connectivity index (χ1n) is 10.4. The van der Waals surface area contributed by atoms with E-state index in [0.29, 0.717) is 5.82 Å². The van der Waals surface area contributed by atoms with Gasteiger partial charge in [-0.2, -0.15) is 5.10 Å². The molecule has 2 aromatic heterocycles. The van der Waals surface area contributed by atoms with Crippen LogP contribution >= 0.6 is 0 Å². The molecule has 0 bridgehead atoms. The van der Waals surface area contributed by atoms with Crippen molar-refractivity contribution in [2.24, 2.45) is 0 Å². The van der Waals surface area contributed by atoms with E-state index < -0.39 is 18.5 Å². The molecule has 1 amide bonds. The number of nitrogens with zero attached hydrogens (tertiary/aromatic N) is 4. The van der Waals surface area contributed by atoms with Gasteiger partial charge in [0, 0.05) is 24.0 Å². The first-order valence-corrected chi connectivity index (χ1v) is 10.4. The maximum absolute atomic E-state index is 12.6. The Balaban J connectivity index is 1.59. The molecular formula is C25H23N5O3. The summed E-state index contributed by atoms with van der Waals surface area (Å²) in [6.45, 7) is 5.70. The maximum atomic E-state index is 12.6. The van der Waals surface area contributed by atoms with Gasteiger partial charge < -0.3 is 10.1 Å². The number of rotatable bonds is 6. The minimum Gasteiger partial charge on any atom is -0.451 e. The van der Waals surface area contributed by atoms with E-state index >= 15 is 0 Å². The quantitative estimate of drug-likeness (QED) is 0.453. The lowest BCUT2D eigenvalue weighted by molar-refractivity contribution is -0.119. The van der Waals surface area contributed by atoms with Crippen molar-refractivity contribution in [3.05, 3.63) is 89.5 Å². The molecule has 0 aliphatic heterocycles. The van der Waals surface area contributed by atoms with E-state index in [1.54, 1.807) is 4.68 Å². The summed E-state index contributed by atoms with van der Waals surface area (Å²) >= 11 is 0. The van der Waals surface area contributed by atoms with E-state index in [-0.39, 0.29) is 5.69 Å². The fourth-order valence-electron chi connectivity index (χ4n) is 3.39. The van der Waals surface area contributed by atoms with E-state index in [0.717, 1.165) is 28.1 Å². The summed E-state index contributed by atoms with van der Waals surface area (Å²) < 4.78 is 6.72. The third-order valence-corrected chi connectivity index (χ3v) is 5.20. The number of hydrogen-bond acceptors (Lipinski definition) is 6. The SMILES string of the molecule is Cc1cc(C)c(-c2cc(NC(=O)COC(=O)c3cnccn3)n(-c3ccccc3)n2)cc1C. The summed E-state index contributed by atoms with van der Waals surface area (Å²) in [6, 6.07) is 15.5. The van der Waals surface area contributed by atoms with Crippen LogP contribution < -0.4 is 5.32 Å². The highest BCUT2D eigenvalue weighted by Crippen LogP contribution is 2.29. The van der Waals surface area contributed by atoms with Crippen LogP contribution in [0.1, 0.15) is 27.2 Å². The zero-order chi connectivity index (χ0) is 23.4. The molecule has 8 heteroatoms. The molecule has 0 saturated heterocycles. The Labute approximate surface area is 191 Å². The number of benzene rings is 2. The molecule has 2 aromatic carbocycles. The van der Waals surface area contributed by atoms with Gasteiger partial charge in [-0.25, -0.2) is 14.5 Å². The number of nitrogens with one attached hydrogen (secondary N) is 1. The van der Waals surface area contributed by atoms with Gasteiger partial charge in [-0.15, -0.1) is 0 Å². The summed E-state index contributed by atoms with van der Waals surface area (Å²) in [4.78, 5) is 32.3. The number of anilines is 1. The Hall–Kier alpha value is -4.33. The molecule has 1 N–H and O–H groups in total. The molecule has 0 aliphatic rings. The van der Waals surface area contributed by atoms with Crippen molar-refractivity contribution in [3.8, 4) is 16.9 Å². The normalized spacial score (nSPS) is 10.6. The lowest BCUT2D eigenvalue weighted by Gasteiger charge is -2.09. The number of aromatic nitrogens is 4. The van der Waals surface area contributed by atoms with Gasteiger partial charge in [-0.3, -0.25) is 9.78 Å². The number of ether oxygens (including phenoxy) is 1. The maximum Gasteiger partial charge on any atom is 0.359 e. The smallest absolute Gasteiger partial charge is 0.359 e. The van der Waals surface area contributed by atoms with E-state index in [1.807, 2.05) is 43.3 Å². The van der Waals surface area contributed by atoms with Crippen molar-refractivity contribution in [1.82, 2.24) is 19.7 Å². The monoisotopic (exact) mass is 441 g/mol. The van der Waals surface area contributed by atoms with E-state index in [2.05, 4.69) is 41.3 Å². The Kier molecular flexibility index (Phi) is 6.26. The van der Waals surface area contributed by atoms with Gasteiger partial charge in [0.15, 0.2) is 12.3 Å². The molecule has 0 radical (unpaired) electrons. The van der Waals surface area contributed by atoms with Crippen molar-refractivity contribution in [2.45, 2.75) is 20.8 Å². The van der Waals surface area contributed by atoms with Crippen LogP contribution in [0.25, 0.3) is 16.9 Å². The van der Waals surface area contributed by atoms with Gasteiger partial charge in [0.1, 0.15) is 5.82 Å². The van der Waals surface area contributed by atoms with Crippen molar-refractivity contribution in [1.29, 1.82) is 0 Å². The summed E-state index contributed by atoms with van der Waals surface area (Å²) in [5, 5.41) is 7.55. The van der Waals surface area contributed by atoms with Gasteiger partial charge in [0.25, 0.3) is 5.91 Å². The number of carbonyl (C=O) groups excluding carboxylic acids is 2. The number of carbonyl (C=O) groups is 2. The van der Waals surface area contributed by atoms with Crippen LogP contribution in [0, 0.1) is 20.8 Å². The standard InChI is InChI=1S/C25H23N5O3/c1-16-11-18(3)20(12-17(16)2)21-13-23(30(29-21)19-7-5-4-6-8-19)28-24(31)15-33-25(32)22-14-26-9-10-27-22/h4-14H,15H2,1-3H3,(H,28,31). The topological polar surface area (TPSA) is 99.0 Å². The summed E-state index contributed by atoms with van der Waals surface area (Å²) in [6.07, 6.45) is 4.11. The minimum absolute atomic E-state index is 0.0344. The lowest BCUT2D eigenvalue weighted by atomic mass is 9.99. The second-order valence-electron chi connectivity index (χ2n) is 7.63. The second-order valence-corrected chi connectivity index (χ2v) is 7.63. The van der Waals surface area contributed by atoms with Gasteiger partial charge >= 0.3 is 5.97 Å². The zero-order valence-electron chi connectivity index (χ0n) is 18.6. The number of para-hydroxylation sites is 1. The minimum atomic E-state index is -0.721. The first kappa shape index (κ1) is 21.9. The van der Waals surface area contributed by atoms with Crippen LogP contribution in [-0.4, -0.2) is 38.2 Å². The van der Waals surface area contributed by atoms with Gasteiger partial charge in [-0.1, -0.05) is 24.3 Å². The highest BCUT2D eigenvalue weighted by Gasteiger charge is 2.17. The Bertz CT molecular complexity index is 1300. The van der Waals surface area contributed by atoms with Crippen LogP contribution in [0.15, 0.2) is 67.1 Å². The third-order valence-electron chi connectivity index (χ3n) is 5.20. The average Bonchev–Trinajstić information content (AvgIpc) is 3.24. The molecule has 0 spiro atoms. The fraction of sp³-hybridized carbons (Fsp3) is 0.160. The Morgan fingerprint density at radius 2 is 1.73 bits per heavy atom. The molecule has 0 unspecified atom stereocenters. The van der Waals surface area contributed by atoms with Gasteiger partial charge in [0.05, 0.1) is 17.6 Å². The second kappa shape index (κ2) is 9.44. The molecule has 166 valence electrons. The van der Waals surface area contributed by atoms with E-state index in [1.165, 1.54) is 24.2 Å². The molecule has 4 aromatic rings. The lowest BCUT2D eigenvalue weighted by Crippen LogP contribution is -2.22. The fourth-order valence-corrected chi connectivity index (χ4v) is 3.39. The van der Waals surface area contributed by atoms with Gasteiger partial charge in [-0.05, 0) is 55.7 Å². The van der Waals surface area contributed by atoms with Crippen molar-refractivity contribution >= 4 is 17.7 Å². The van der Waals surface area contributed by atoms with E-state index in [9.17, 15) is 9.59 Å². The number of aryl methyl sites for hydroxylation is 3. The molecule has 8 nitrogen and oxygen atoms in total. The van der Waals surface area contributed by atoms with Gasteiger partial charge in [0.2, 0.25) is 0 Å². The molecule has 4 rings (SSSR count). The van der Waals surface area contributed by atoms with Crippen molar-refractivity contribution < 1.29 is 14.3 Å². The largest absolute Gasteiger partial charge is 0.451 e. The number of amides is 1. The molecule has 33 heavy (non-hydrogen) atoms. The molecule has 0 atom stereocenters. The predicted octanol–water partition coefficient (Wildman–Crippen LogP) is 4.05. The van der Waals surface area contributed by atoms with E-state index in [4.69, 9.17) is 9.84 Å². The van der Waals surface area contributed by atoms with Crippen molar-refractivity contribution in [3.63, 3.8) is 0 Å².